The second kappa shape index (κ2) is 4.85. The number of aromatic amines is 2. The fourth-order valence-electron chi connectivity index (χ4n) is 2.19. The normalized spacial score (nSPS) is 12.9. The molecule has 3 N–H and O–H groups in total. The zero-order chi connectivity index (χ0) is 13.4. The molecule has 1 atom stereocenters. The number of imidazole rings is 1. The van der Waals surface area contributed by atoms with Crippen molar-refractivity contribution < 1.29 is 0 Å². The van der Waals surface area contributed by atoms with Gasteiger partial charge < -0.3 is 15.3 Å². The molecular formula is C13H12ClN3OS. The smallest absolute Gasteiger partial charge is 0.309 e. The Morgan fingerprint density at radius 2 is 2.05 bits per heavy atom. The van der Waals surface area contributed by atoms with E-state index in [9.17, 15) is 4.79 Å². The van der Waals surface area contributed by atoms with Crippen LogP contribution >= 0.6 is 22.9 Å². The van der Waals surface area contributed by atoms with Crippen molar-refractivity contribution in [3.05, 3.63) is 55.6 Å². The lowest BCUT2D eigenvalue weighted by Gasteiger charge is -2.15. The third kappa shape index (κ3) is 2.20. The molecule has 0 radical (unpaired) electrons. The molecule has 1 unspecified atom stereocenters. The number of rotatable bonds is 3. The molecule has 0 amide bonds. The predicted molar refractivity (Wildman–Crippen MR) is 79.2 cm³/mol. The summed E-state index contributed by atoms with van der Waals surface area (Å²) >= 11 is 7.81. The minimum atomic E-state index is -0.192. The van der Waals surface area contributed by atoms with E-state index >= 15 is 0 Å². The van der Waals surface area contributed by atoms with E-state index in [1.807, 2.05) is 36.7 Å². The second-order valence-corrected chi connectivity index (χ2v) is 5.59. The van der Waals surface area contributed by atoms with Crippen molar-refractivity contribution in [1.82, 2.24) is 15.3 Å². The third-order valence-electron chi connectivity index (χ3n) is 3.07. The number of benzene rings is 1. The van der Waals surface area contributed by atoms with Gasteiger partial charge in [-0.3, -0.25) is 0 Å². The zero-order valence-corrected chi connectivity index (χ0v) is 11.7. The molecule has 6 heteroatoms. The Kier molecular flexibility index (Phi) is 3.18. The highest BCUT2D eigenvalue weighted by atomic mass is 35.5. The van der Waals surface area contributed by atoms with Crippen molar-refractivity contribution in [2.24, 2.45) is 0 Å². The van der Waals surface area contributed by atoms with Crippen LogP contribution in [0.5, 0.6) is 0 Å². The topological polar surface area (TPSA) is 60.7 Å². The molecule has 0 spiro atoms. The van der Waals surface area contributed by atoms with Gasteiger partial charge >= 0.3 is 5.69 Å². The summed E-state index contributed by atoms with van der Waals surface area (Å²) in [6, 6.07) is 7.76. The van der Waals surface area contributed by atoms with Crippen LogP contribution in [-0.2, 0) is 0 Å². The highest BCUT2D eigenvalue weighted by Gasteiger charge is 2.17. The molecule has 0 saturated heterocycles. The summed E-state index contributed by atoms with van der Waals surface area (Å²) in [5.41, 5.74) is 2.48. The lowest BCUT2D eigenvalue weighted by molar-refractivity contribution is 0.705. The summed E-state index contributed by atoms with van der Waals surface area (Å²) in [5, 5.41) is 5.98. The summed E-state index contributed by atoms with van der Waals surface area (Å²) in [6.45, 7) is 0. The molecule has 3 aromatic rings. The van der Waals surface area contributed by atoms with Crippen LogP contribution in [0.25, 0.3) is 11.0 Å². The summed E-state index contributed by atoms with van der Waals surface area (Å²) < 4.78 is 0. The van der Waals surface area contributed by atoms with Crippen molar-refractivity contribution in [2.45, 2.75) is 6.04 Å². The van der Waals surface area contributed by atoms with Crippen LogP contribution in [0, 0.1) is 0 Å². The van der Waals surface area contributed by atoms with Gasteiger partial charge in [-0.25, -0.2) is 4.79 Å². The predicted octanol–water partition coefficient (Wildman–Crippen LogP) is 2.88. The third-order valence-corrected chi connectivity index (χ3v) is 4.49. The number of aromatic nitrogens is 2. The summed E-state index contributed by atoms with van der Waals surface area (Å²) in [6.07, 6.45) is 0. The molecule has 19 heavy (non-hydrogen) atoms. The number of fused-ring (bicyclic) bond motifs is 1. The average Bonchev–Trinajstić information content (AvgIpc) is 2.95. The number of H-pyrrole nitrogens is 2. The van der Waals surface area contributed by atoms with Gasteiger partial charge in [0.05, 0.1) is 22.1 Å². The lowest BCUT2D eigenvalue weighted by atomic mass is 10.0. The van der Waals surface area contributed by atoms with Gasteiger partial charge in [0.15, 0.2) is 0 Å². The Bertz CT molecular complexity index is 773. The first kappa shape index (κ1) is 12.5. The van der Waals surface area contributed by atoms with E-state index in [0.717, 1.165) is 26.5 Å². The second-order valence-electron chi connectivity index (χ2n) is 4.24. The summed E-state index contributed by atoms with van der Waals surface area (Å²) in [7, 11) is 1.89. The Hall–Kier alpha value is -1.56. The number of hydrogen-bond acceptors (Lipinski definition) is 3. The van der Waals surface area contributed by atoms with Gasteiger partial charge in [-0.1, -0.05) is 17.7 Å². The molecule has 0 fully saturated rings. The fourth-order valence-corrected chi connectivity index (χ4v) is 3.49. The Balaban J connectivity index is 2.11. The molecule has 0 aliphatic carbocycles. The molecule has 0 bridgehead atoms. The van der Waals surface area contributed by atoms with Crippen LogP contribution in [0.1, 0.15) is 16.5 Å². The maximum atomic E-state index is 11.3. The molecule has 2 heterocycles. The van der Waals surface area contributed by atoms with Crippen molar-refractivity contribution in [3.8, 4) is 0 Å². The van der Waals surface area contributed by atoms with E-state index in [1.165, 1.54) is 0 Å². The average molecular weight is 294 g/mol. The van der Waals surface area contributed by atoms with Crippen molar-refractivity contribution >= 4 is 34.0 Å². The zero-order valence-electron chi connectivity index (χ0n) is 10.2. The molecular weight excluding hydrogens is 282 g/mol. The van der Waals surface area contributed by atoms with Gasteiger partial charge in [-0.15, -0.1) is 11.3 Å². The van der Waals surface area contributed by atoms with E-state index in [1.54, 1.807) is 11.3 Å². The highest BCUT2D eigenvalue weighted by molar-refractivity contribution is 7.10. The molecule has 4 nitrogen and oxygen atoms in total. The van der Waals surface area contributed by atoms with Crippen LogP contribution in [-0.4, -0.2) is 17.0 Å². The van der Waals surface area contributed by atoms with E-state index in [4.69, 9.17) is 11.6 Å². The Morgan fingerprint density at radius 1 is 1.26 bits per heavy atom. The van der Waals surface area contributed by atoms with Gasteiger partial charge in [0.25, 0.3) is 0 Å². The van der Waals surface area contributed by atoms with E-state index in [0.29, 0.717) is 0 Å². The highest BCUT2D eigenvalue weighted by Crippen LogP contribution is 2.33. The fraction of sp³-hybridized carbons (Fsp3) is 0.154. The maximum absolute atomic E-state index is 11.3. The summed E-state index contributed by atoms with van der Waals surface area (Å²) in [4.78, 5) is 17.9. The molecule has 0 saturated carbocycles. The van der Waals surface area contributed by atoms with Gasteiger partial charge in [0.2, 0.25) is 0 Å². The molecule has 1 aromatic carbocycles. The van der Waals surface area contributed by atoms with Crippen LogP contribution in [0.3, 0.4) is 0 Å². The number of thiophene rings is 1. The molecule has 0 aliphatic rings. The monoisotopic (exact) mass is 293 g/mol. The lowest BCUT2D eigenvalue weighted by Crippen LogP contribution is -2.16. The SMILES string of the molecule is CNC(c1ccc2[nH]c(=O)[nH]c2c1)c1sccc1Cl. The van der Waals surface area contributed by atoms with Crippen LogP contribution in [0.2, 0.25) is 5.02 Å². The number of hydrogen-bond donors (Lipinski definition) is 3. The maximum Gasteiger partial charge on any atom is 0.323 e. The van der Waals surface area contributed by atoms with Crippen molar-refractivity contribution in [2.75, 3.05) is 7.05 Å². The van der Waals surface area contributed by atoms with Crippen molar-refractivity contribution in [3.63, 3.8) is 0 Å². The Labute approximate surface area is 118 Å². The first-order valence-electron chi connectivity index (χ1n) is 5.81. The number of nitrogens with one attached hydrogen (secondary N) is 3. The summed E-state index contributed by atoms with van der Waals surface area (Å²) in [5.74, 6) is 0. The minimum Gasteiger partial charge on any atom is -0.309 e. The van der Waals surface area contributed by atoms with Gasteiger partial charge in [0, 0.05) is 4.88 Å². The molecule has 0 aliphatic heterocycles. The van der Waals surface area contributed by atoms with Crippen LogP contribution < -0.4 is 11.0 Å². The molecule has 98 valence electrons. The first-order valence-corrected chi connectivity index (χ1v) is 7.07. The van der Waals surface area contributed by atoms with Gasteiger partial charge in [0.1, 0.15) is 0 Å². The van der Waals surface area contributed by atoms with Gasteiger partial charge in [-0.05, 0) is 36.2 Å². The quantitative estimate of drug-likeness (QED) is 0.695. The van der Waals surface area contributed by atoms with Gasteiger partial charge in [-0.2, -0.15) is 0 Å². The van der Waals surface area contributed by atoms with E-state index in [-0.39, 0.29) is 11.7 Å². The molecule has 2 aromatic heterocycles. The van der Waals surface area contributed by atoms with Crippen LogP contribution in [0.4, 0.5) is 0 Å². The minimum absolute atomic E-state index is 0.0234. The standard InChI is InChI=1S/C13H12ClN3OS/c1-15-11(12-8(14)4-5-19-12)7-2-3-9-10(6-7)17-13(18)16-9/h2-6,11,15H,1H3,(H2,16,17,18). The van der Waals surface area contributed by atoms with Crippen LogP contribution in [0.15, 0.2) is 34.4 Å². The molecule has 3 rings (SSSR count). The van der Waals surface area contributed by atoms with Crippen molar-refractivity contribution in [1.29, 1.82) is 0 Å². The Morgan fingerprint density at radius 3 is 2.74 bits per heavy atom. The largest absolute Gasteiger partial charge is 0.323 e. The first-order chi connectivity index (χ1) is 9.19. The van der Waals surface area contributed by atoms with E-state index < -0.39 is 0 Å². The van der Waals surface area contributed by atoms with E-state index in [2.05, 4.69) is 15.3 Å². The number of halogens is 1.